The summed E-state index contributed by atoms with van der Waals surface area (Å²) >= 11 is 0. The van der Waals surface area contributed by atoms with Gasteiger partial charge in [-0.1, -0.05) is 12.1 Å². The van der Waals surface area contributed by atoms with Crippen molar-refractivity contribution >= 4 is 18.0 Å². The molecule has 0 unspecified atom stereocenters. The topological polar surface area (TPSA) is 103 Å². The number of nitrogens with one attached hydrogen (secondary N) is 2. The Labute approximate surface area is 164 Å². The second-order valence-corrected chi connectivity index (χ2v) is 6.46. The molecule has 2 N–H and O–H groups in total. The van der Waals surface area contributed by atoms with Crippen molar-refractivity contribution in [2.24, 2.45) is 0 Å². The lowest BCUT2D eigenvalue weighted by molar-refractivity contribution is -0.144. The lowest BCUT2D eigenvalue weighted by Crippen LogP contribution is -2.50. The zero-order chi connectivity index (χ0) is 20.7. The molecule has 152 valence electrons. The van der Waals surface area contributed by atoms with Crippen molar-refractivity contribution in [1.82, 2.24) is 10.6 Å². The predicted molar refractivity (Wildman–Crippen MR) is 102 cm³/mol. The van der Waals surface area contributed by atoms with Crippen molar-refractivity contribution in [3.8, 4) is 5.75 Å². The summed E-state index contributed by atoms with van der Waals surface area (Å²) in [4.78, 5) is 35.8. The van der Waals surface area contributed by atoms with Gasteiger partial charge >= 0.3 is 18.0 Å². The highest BCUT2D eigenvalue weighted by atomic mass is 16.5. The van der Waals surface area contributed by atoms with Gasteiger partial charge in [-0.05, 0) is 44.9 Å². The van der Waals surface area contributed by atoms with Gasteiger partial charge in [0.2, 0.25) is 0 Å². The Morgan fingerprint density at radius 3 is 2.64 bits per heavy atom. The highest BCUT2D eigenvalue weighted by molar-refractivity contribution is 5.94. The van der Waals surface area contributed by atoms with Crippen LogP contribution in [0, 0.1) is 13.8 Å². The number of urea groups is 1. The van der Waals surface area contributed by atoms with E-state index in [1.807, 2.05) is 32.0 Å². The van der Waals surface area contributed by atoms with E-state index in [1.165, 1.54) is 0 Å². The van der Waals surface area contributed by atoms with Crippen LogP contribution in [0.3, 0.4) is 0 Å². The van der Waals surface area contributed by atoms with Crippen molar-refractivity contribution < 1.29 is 28.6 Å². The van der Waals surface area contributed by atoms with Crippen molar-refractivity contribution in [1.29, 1.82) is 0 Å². The Kier molecular flexibility index (Phi) is 7.43. The first-order valence-electron chi connectivity index (χ1n) is 9.15. The lowest BCUT2D eigenvalue weighted by Gasteiger charge is -2.26. The van der Waals surface area contributed by atoms with E-state index >= 15 is 0 Å². The van der Waals surface area contributed by atoms with Crippen LogP contribution in [0.5, 0.6) is 5.75 Å². The van der Waals surface area contributed by atoms with Crippen LogP contribution in [0.15, 0.2) is 29.5 Å². The van der Waals surface area contributed by atoms with Crippen molar-refractivity contribution in [3.05, 3.63) is 40.6 Å². The van der Waals surface area contributed by atoms with Crippen LogP contribution in [0.4, 0.5) is 4.79 Å². The molecule has 1 heterocycles. The molecular formula is C20H26N2O6. The Morgan fingerprint density at radius 1 is 1.18 bits per heavy atom. The van der Waals surface area contributed by atoms with Gasteiger partial charge in [-0.2, -0.15) is 0 Å². The Hall–Kier alpha value is -3.03. The largest absolute Gasteiger partial charge is 0.493 e. The smallest absolute Gasteiger partial charge is 0.338 e. The molecule has 0 aromatic heterocycles. The van der Waals surface area contributed by atoms with Crippen LogP contribution in [0.1, 0.15) is 31.4 Å². The van der Waals surface area contributed by atoms with Gasteiger partial charge in [-0.15, -0.1) is 0 Å². The normalized spacial score (nSPS) is 16.1. The molecule has 8 heteroatoms. The van der Waals surface area contributed by atoms with Crippen molar-refractivity contribution in [2.45, 2.75) is 40.2 Å². The highest BCUT2D eigenvalue weighted by Gasteiger charge is 2.30. The summed E-state index contributed by atoms with van der Waals surface area (Å²) < 4.78 is 15.9. The summed E-state index contributed by atoms with van der Waals surface area (Å²) in [6.07, 6.45) is 0.0388. The lowest BCUT2D eigenvalue weighted by atomic mass is 10.0. The number of hydrogen-bond donors (Lipinski definition) is 2. The molecule has 2 rings (SSSR count). The maximum absolute atomic E-state index is 12.1. The SMILES string of the molecule is CCOC(=O)C1=C(COC(=O)CCOc2cc(C)ccc2C)NC(=O)N[C@@H]1C. The summed E-state index contributed by atoms with van der Waals surface area (Å²) in [5.74, 6) is -0.340. The molecule has 1 aromatic carbocycles. The van der Waals surface area contributed by atoms with Crippen molar-refractivity contribution in [2.75, 3.05) is 19.8 Å². The molecule has 2 amide bonds. The highest BCUT2D eigenvalue weighted by Crippen LogP contribution is 2.19. The third-order valence-corrected chi connectivity index (χ3v) is 4.15. The molecule has 1 aliphatic rings. The van der Waals surface area contributed by atoms with Crippen molar-refractivity contribution in [3.63, 3.8) is 0 Å². The Morgan fingerprint density at radius 2 is 1.93 bits per heavy atom. The van der Waals surface area contributed by atoms with E-state index in [4.69, 9.17) is 14.2 Å². The Bertz CT molecular complexity index is 787. The van der Waals surface area contributed by atoms with Crippen LogP contribution in [-0.4, -0.2) is 43.8 Å². The molecule has 0 bridgehead atoms. The van der Waals surface area contributed by atoms with E-state index in [1.54, 1.807) is 13.8 Å². The van der Waals surface area contributed by atoms with Crippen LogP contribution in [0.2, 0.25) is 0 Å². The van der Waals surface area contributed by atoms with E-state index in [-0.39, 0.29) is 37.5 Å². The molecule has 8 nitrogen and oxygen atoms in total. The number of aryl methyl sites for hydroxylation is 2. The van der Waals surface area contributed by atoms with E-state index < -0.39 is 24.0 Å². The minimum absolute atomic E-state index is 0.0388. The molecule has 1 atom stereocenters. The number of amides is 2. The van der Waals surface area contributed by atoms with Crippen LogP contribution < -0.4 is 15.4 Å². The number of carbonyl (C=O) groups excluding carboxylic acids is 3. The van der Waals surface area contributed by atoms with Crippen LogP contribution in [-0.2, 0) is 19.1 Å². The fourth-order valence-electron chi connectivity index (χ4n) is 2.73. The van der Waals surface area contributed by atoms with Crippen LogP contribution >= 0.6 is 0 Å². The van der Waals surface area contributed by atoms with Crippen LogP contribution in [0.25, 0.3) is 0 Å². The fourth-order valence-corrected chi connectivity index (χ4v) is 2.73. The third-order valence-electron chi connectivity index (χ3n) is 4.15. The third kappa shape index (κ3) is 5.73. The van der Waals surface area contributed by atoms with E-state index in [0.717, 1.165) is 16.9 Å². The number of hydrogen-bond acceptors (Lipinski definition) is 6. The second kappa shape index (κ2) is 9.77. The fraction of sp³-hybridized carbons (Fsp3) is 0.450. The first-order chi connectivity index (χ1) is 13.3. The Balaban J connectivity index is 1.92. The second-order valence-electron chi connectivity index (χ2n) is 6.46. The van der Waals surface area contributed by atoms with Gasteiger partial charge < -0.3 is 24.8 Å². The maximum Gasteiger partial charge on any atom is 0.338 e. The molecular weight excluding hydrogens is 364 g/mol. The summed E-state index contributed by atoms with van der Waals surface area (Å²) in [6, 6.07) is 4.83. The quantitative estimate of drug-likeness (QED) is 0.659. The summed E-state index contributed by atoms with van der Waals surface area (Å²) in [6.45, 7) is 7.37. The zero-order valence-corrected chi connectivity index (χ0v) is 16.6. The summed E-state index contributed by atoms with van der Waals surface area (Å²) in [5, 5.41) is 5.09. The minimum atomic E-state index is -0.563. The first kappa shape index (κ1) is 21.3. The zero-order valence-electron chi connectivity index (χ0n) is 16.6. The molecule has 0 aliphatic carbocycles. The molecule has 28 heavy (non-hydrogen) atoms. The first-order valence-corrected chi connectivity index (χ1v) is 9.15. The minimum Gasteiger partial charge on any atom is -0.493 e. The number of rotatable bonds is 8. The van der Waals surface area contributed by atoms with E-state index in [2.05, 4.69) is 10.6 Å². The maximum atomic E-state index is 12.1. The summed E-state index contributed by atoms with van der Waals surface area (Å²) in [7, 11) is 0. The molecule has 1 aliphatic heterocycles. The number of carbonyl (C=O) groups is 3. The van der Waals surface area contributed by atoms with E-state index in [0.29, 0.717) is 0 Å². The molecule has 0 radical (unpaired) electrons. The molecule has 0 saturated carbocycles. The monoisotopic (exact) mass is 390 g/mol. The van der Waals surface area contributed by atoms with E-state index in [9.17, 15) is 14.4 Å². The number of ether oxygens (including phenoxy) is 3. The van der Waals surface area contributed by atoms with Gasteiger partial charge in [0.25, 0.3) is 0 Å². The molecule has 0 spiro atoms. The van der Waals surface area contributed by atoms with Gasteiger partial charge in [0.05, 0.1) is 36.9 Å². The molecule has 0 fully saturated rings. The number of benzene rings is 1. The predicted octanol–water partition coefficient (Wildman–Crippen LogP) is 2.13. The van der Waals surface area contributed by atoms with Gasteiger partial charge in [0, 0.05) is 0 Å². The average Bonchev–Trinajstić information content (AvgIpc) is 2.62. The summed E-state index contributed by atoms with van der Waals surface area (Å²) in [5.41, 5.74) is 2.51. The number of esters is 2. The standard InChI is InChI=1S/C20H26N2O6/c1-5-26-19(24)18-14(4)21-20(25)22-15(18)11-28-17(23)8-9-27-16-10-12(2)6-7-13(16)3/h6-7,10,14H,5,8-9,11H2,1-4H3,(H2,21,22,25)/t14-/m1/s1. The van der Waals surface area contributed by atoms with Gasteiger partial charge in [0.1, 0.15) is 12.4 Å². The molecule has 1 aromatic rings. The van der Waals surface area contributed by atoms with Gasteiger partial charge in [-0.3, -0.25) is 4.79 Å². The van der Waals surface area contributed by atoms with Gasteiger partial charge in [-0.25, -0.2) is 9.59 Å². The molecule has 0 saturated heterocycles. The average molecular weight is 390 g/mol. The van der Waals surface area contributed by atoms with Gasteiger partial charge in [0.15, 0.2) is 0 Å².